The van der Waals surface area contributed by atoms with Crippen LogP contribution in [0.25, 0.3) is 44.5 Å². The van der Waals surface area contributed by atoms with Crippen LogP contribution in [0.3, 0.4) is 0 Å². The summed E-state index contributed by atoms with van der Waals surface area (Å²) in [6.45, 7) is 4.31. The Morgan fingerprint density at radius 2 is 1.28 bits per heavy atom. The molecule has 0 aliphatic heterocycles. The predicted molar refractivity (Wildman–Crippen MR) is 160 cm³/mol. The van der Waals surface area contributed by atoms with Gasteiger partial charge < -0.3 is 4.42 Å². The average molecular weight is 509 g/mol. The summed E-state index contributed by atoms with van der Waals surface area (Å²) in [6, 6.07) is 34.2. The van der Waals surface area contributed by atoms with E-state index in [0.29, 0.717) is 0 Å². The largest absolute Gasteiger partial charge is 0.455 e. The number of hydrogen-bond acceptors (Lipinski definition) is 3. The zero-order valence-electron chi connectivity index (χ0n) is 22.6. The minimum atomic E-state index is -0.206. The molecule has 0 atom stereocenters. The third kappa shape index (κ3) is 3.96. The van der Waals surface area contributed by atoms with Crippen molar-refractivity contribution in [3.8, 4) is 22.5 Å². The second kappa shape index (κ2) is 9.50. The van der Waals surface area contributed by atoms with Gasteiger partial charge in [0.1, 0.15) is 11.2 Å². The van der Waals surface area contributed by atoms with Crippen LogP contribution >= 0.6 is 0 Å². The van der Waals surface area contributed by atoms with E-state index in [1.165, 1.54) is 36.0 Å². The second-order valence-electron chi connectivity index (χ2n) is 11.0. The molecule has 3 heteroatoms. The fourth-order valence-corrected chi connectivity index (χ4v) is 6.56. The lowest BCUT2D eigenvalue weighted by Crippen LogP contribution is -2.32. The van der Waals surface area contributed by atoms with Crippen LogP contribution in [0.2, 0.25) is 0 Å². The third-order valence-corrected chi connectivity index (χ3v) is 8.62. The average Bonchev–Trinajstić information content (AvgIpc) is 3.36. The molecule has 0 unspecified atom stereocenters. The van der Waals surface area contributed by atoms with Crippen molar-refractivity contribution < 1.29 is 4.42 Å². The Kier molecular flexibility index (Phi) is 5.81. The van der Waals surface area contributed by atoms with Crippen LogP contribution in [0, 0.1) is 13.8 Å². The maximum absolute atomic E-state index is 6.44. The van der Waals surface area contributed by atoms with Gasteiger partial charge >= 0.3 is 0 Å². The Hall–Kier alpha value is -4.24. The van der Waals surface area contributed by atoms with E-state index in [2.05, 4.69) is 98.8 Å². The lowest BCUT2D eigenvalue weighted by atomic mass is 9.69. The van der Waals surface area contributed by atoms with Crippen molar-refractivity contribution in [2.45, 2.75) is 51.4 Å². The number of pyridine rings is 2. The lowest BCUT2D eigenvalue weighted by molar-refractivity contribution is 0.332. The summed E-state index contributed by atoms with van der Waals surface area (Å²) in [6.07, 6.45) is 5.74. The summed E-state index contributed by atoms with van der Waals surface area (Å²) < 4.78 is 6.44. The second-order valence-corrected chi connectivity index (χ2v) is 11.0. The van der Waals surface area contributed by atoms with E-state index in [0.717, 1.165) is 63.1 Å². The molecule has 3 heterocycles. The first-order valence-corrected chi connectivity index (χ1v) is 14.1. The summed E-state index contributed by atoms with van der Waals surface area (Å²) in [5.74, 6) is 0. The van der Waals surface area contributed by atoms with Gasteiger partial charge in [-0.2, -0.15) is 0 Å². The Bertz CT molecular complexity index is 1820. The van der Waals surface area contributed by atoms with Gasteiger partial charge in [-0.3, -0.25) is 9.97 Å². The van der Waals surface area contributed by atoms with Crippen LogP contribution in [-0.4, -0.2) is 9.97 Å². The van der Waals surface area contributed by atoms with Gasteiger partial charge in [0, 0.05) is 21.9 Å². The molecular formula is C36H32N2O. The van der Waals surface area contributed by atoms with Crippen molar-refractivity contribution in [2.24, 2.45) is 0 Å². The molecule has 192 valence electrons. The molecular weight excluding hydrogens is 476 g/mol. The van der Waals surface area contributed by atoms with Crippen LogP contribution in [0.1, 0.15) is 54.6 Å². The van der Waals surface area contributed by atoms with Gasteiger partial charge in [-0.05, 0) is 68.1 Å². The first-order chi connectivity index (χ1) is 19.1. The van der Waals surface area contributed by atoms with Gasteiger partial charge in [-0.1, -0.05) is 86.0 Å². The molecule has 0 radical (unpaired) electrons. The van der Waals surface area contributed by atoms with E-state index >= 15 is 0 Å². The first kappa shape index (κ1) is 23.8. The monoisotopic (exact) mass is 508 g/mol. The summed E-state index contributed by atoms with van der Waals surface area (Å²) >= 11 is 0. The molecule has 0 bridgehead atoms. The van der Waals surface area contributed by atoms with Crippen LogP contribution in [0.4, 0.5) is 0 Å². The Labute approximate surface area is 229 Å². The van der Waals surface area contributed by atoms with Gasteiger partial charge in [-0.25, -0.2) is 0 Å². The number of aromatic nitrogens is 2. The number of rotatable bonds is 4. The van der Waals surface area contributed by atoms with Gasteiger partial charge in [0.2, 0.25) is 0 Å². The molecule has 1 aliphatic rings. The minimum absolute atomic E-state index is 0.206. The van der Waals surface area contributed by atoms with Crippen LogP contribution in [0.15, 0.2) is 101 Å². The molecule has 0 spiro atoms. The van der Waals surface area contributed by atoms with Crippen molar-refractivity contribution >= 4 is 21.9 Å². The highest BCUT2D eigenvalue weighted by Gasteiger charge is 2.39. The molecule has 6 aromatic rings. The van der Waals surface area contributed by atoms with E-state index in [9.17, 15) is 0 Å². The van der Waals surface area contributed by atoms with Gasteiger partial charge in [0.15, 0.2) is 0 Å². The molecule has 1 aliphatic carbocycles. The SMILES string of the molecule is Cc1ccccc1-c1cccc(C2(c3cccc(-c4c(C)ccc5c4oc4ccccc45)n3)CCCCC2)n1. The molecule has 0 amide bonds. The number of aryl methyl sites for hydroxylation is 2. The van der Waals surface area contributed by atoms with Crippen molar-refractivity contribution in [1.82, 2.24) is 9.97 Å². The van der Waals surface area contributed by atoms with Crippen LogP contribution < -0.4 is 0 Å². The summed E-state index contributed by atoms with van der Waals surface area (Å²) in [4.78, 5) is 10.7. The maximum atomic E-state index is 6.44. The maximum Gasteiger partial charge on any atom is 0.145 e. The van der Waals surface area contributed by atoms with Crippen molar-refractivity contribution in [3.63, 3.8) is 0 Å². The third-order valence-electron chi connectivity index (χ3n) is 8.62. The molecule has 3 aromatic carbocycles. The van der Waals surface area contributed by atoms with Gasteiger partial charge in [0.25, 0.3) is 0 Å². The molecule has 3 nitrogen and oxygen atoms in total. The lowest BCUT2D eigenvalue weighted by Gasteiger charge is -2.37. The van der Waals surface area contributed by atoms with E-state index < -0.39 is 0 Å². The smallest absolute Gasteiger partial charge is 0.145 e. The molecule has 1 fully saturated rings. The van der Waals surface area contributed by atoms with E-state index in [1.54, 1.807) is 0 Å². The van der Waals surface area contributed by atoms with Crippen molar-refractivity contribution in [2.75, 3.05) is 0 Å². The Morgan fingerprint density at radius 3 is 2.08 bits per heavy atom. The Balaban J connectivity index is 1.40. The molecule has 3 aromatic heterocycles. The molecule has 7 rings (SSSR count). The van der Waals surface area contributed by atoms with Crippen LogP contribution in [-0.2, 0) is 5.41 Å². The minimum Gasteiger partial charge on any atom is -0.455 e. The highest BCUT2D eigenvalue weighted by molar-refractivity contribution is 6.09. The van der Waals surface area contributed by atoms with Crippen LogP contribution in [0.5, 0.6) is 0 Å². The predicted octanol–water partition coefficient (Wildman–Crippen LogP) is 9.58. The summed E-state index contributed by atoms with van der Waals surface area (Å²) in [5, 5.41) is 2.28. The van der Waals surface area contributed by atoms with E-state index in [-0.39, 0.29) is 5.41 Å². The molecule has 1 saturated carbocycles. The highest BCUT2D eigenvalue weighted by Crippen LogP contribution is 2.45. The quantitative estimate of drug-likeness (QED) is 0.238. The molecule has 39 heavy (non-hydrogen) atoms. The number of benzene rings is 3. The normalized spacial score (nSPS) is 15.1. The Morgan fingerprint density at radius 1 is 0.590 bits per heavy atom. The zero-order valence-corrected chi connectivity index (χ0v) is 22.6. The first-order valence-electron chi connectivity index (χ1n) is 14.1. The zero-order chi connectivity index (χ0) is 26.4. The number of nitrogens with zero attached hydrogens (tertiary/aromatic N) is 2. The van der Waals surface area contributed by atoms with Crippen molar-refractivity contribution in [3.05, 3.63) is 120 Å². The topological polar surface area (TPSA) is 38.9 Å². The summed E-state index contributed by atoms with van der Waals surface area (Å²) in [7, 11) is 0. The highest BCUT2D eigenvalue weighted by atomic mass is 16.3. The molecule has 0 N–H and O–H groups in total. The molecule has 0 saturated heterocycles. The number of para-hydroxylation sites is 1. The fourth-order valence-electron chi connectivity index (χ4n) is 6.56. The van der Waals surface area contributed by atoms with Gasteiger partial charge in [-0.15, -0.1) is 0 Å². The number of hydrogen-bond donors (Lipinski definition) is 0. The van der Waals surface area contributed by atoms with Crippen molar-refractivity contribution in [1.29, 1.82) is 0 Å². The van der Waals surface area contributed by atoms with E-state index in [4.69, 9.17) is 14.4 Å². The fraction of sp³-hybridized carbons (Fsp3) is 0.222. The van der Waals surface area contributed by atoms with E-state index in [1.807, 2.05) is 12.1 Å². The van der Waals surface area contributed by atoms with Gasteiger partial charge in [0.05, 0.1) is 28.2 Å². The number of furan rings is 1. The summed E-state index contributed by atoms with van der Waals surface area (Å²) in [5.41, 5.74) is 10.6. The standard InChI is InChI=1S/C36H32N2O/c1-24-12-4-5-13-26(24)29-15-10-18-32(37-29)36(22-8-3-9-23-36)33-19-11-16-30(38-33)34-25(2)20-21-28-27-14-6-7-17-31(27)39-35(28)34/h4-7,10-21H,3,8-9,22-23H2,1-2H3. The number of fused-ring (bicyclic) bond motifs is 3.